The van der Waals surface area contributed by atoms with Crippen LogP contribution in [0.2, 0.25) is 0 Å². The van der Waals surface area contributed by atoms with Crippen LogP contribution in [0.5, 0.6) is 0 Å². The quantitative estimate of drug-likeness (QED) is 0.880. The van der Waals surface area contributed by atoms with E-state index >= 15 is 0 Å². The van der Waals surface area contributed by atoms with Gasteiger partial charge in [0, 0.05) is 24.8 Å². The Morgan fingerprint density at radius 1 is 1.64 bits per heavy atom. The molecular weight excluding hydrogens is 246 g/mol. The Morgan fingerprint density at radius 3 is 2.93 bits per heavy atom. The maximum Gasteiger partial charge on any atom is 0.239 e. The Bertz CT molecular complexity index is 330. The molecule has 0 saturated carbocycles. The van der Waals surface area contributed by atoms with Gasteiger partial charge in [0.15, 0.2) is 0 Å². The highest BCUT2D eigenvalue weighted by molar-refractivity contribution is 9.10. The Balaban J connectivity index is 2.69. The van der Waals surface area contributed by atoms with E-state index in [1.54, 1.807) is 19.4 Å². The van der Waals surface area contributed by atoms with Gasteiger partial charge in [0.05, 0.1) is 18.4 Å². The fourth-order valence-electron chi connectivity index (χ4n) is 0.995. The first-order valence-corrected chi connectivity index (χ1v) is 4.95. The summed E-state index contributed by atoms with van der Waals surface area (Å²) in [5, 5.41) is 2.57. The zero-order chi connectivity index (χ0) is 10.6. The van der Waals surface area contributed by atoms with Crippen LogP contribution in [-0.4, -0.2) is 31.5 Å². The number of hydrogen-bond donors (Lipinski definition) is 1. The van der Waals surface area contributed by atoms with Gasteiger partial charge in [-0.25, -0.2) is 0 Å². The molecule has 76 valence electrons. The molecule has 1 N–H and O–H groups in total. The number of rotatable bonds is 3. The van der Waals surface area contributed by atoms with Crippen LogP contribution in [-0.2, 0) is 4.79 Å². The normalized spacial score (nSPS) is 9.64. The Labute approximate surface area is 91.4 Å². The predicted molar refractivity (Wildman–Crippen MR) is 59.3 cm³/mol. The number of carbonyl (C=O) groups excluding carboxylic acids is 1. The summed E-state index contributed by atoms with van der Waals surface area (Å²) in [5.41, 5.74) is 0.906. The highest BCUT2D eigenvalue weighted by atomic mass is 79.9. The van der Waals surface area contributed by atoms with Crippen LogP contribution in [0.3, 0.4) is 0 Å². The fourth-order valence-corrected chi connectivity index (χ4v) is 1.35. The first-order valence-electron chi connectivity index (χ1n) is 4.15. The van der Waals surface area contributed by atoms with E-state index in [0.29, 0.717) is 6.54 Å². The molecule has 0 fully saturated rings. The summed E-state index contributed by atoms with van der Waals surface area (Å²) in [6.45, 7) is 0.328. The highest BCUT2D eigenvalue weighted by Gasteiger charge is 2.05. The van der Waals surface area contributed by atoms with Gasteiger partial charge >= 0.3 is 0 Å². The van der Waals surface area contributed by atoms with Crippen molar-refractivity contribution in [1.82, 2.24) is 10.3 Å². The van der Waals surface area contributed by atoms with Crippen molar-refractivity contribution in [3.05, 3.63) is 22.9 Å². The van der Waals surface area contributed by atoms with Gasteiger partial charge in [0.1, 0.15) is 0 Å². The maximum absolute atomic E-state index is 11.1. The van der Waals surface area contributed by atoms with E-state index in [9.17, 15) is 4.79 Å². The molecule has 1 amide bonds. The van der Waals surface area contributed by atoms with Crippen molar-refractivity contribution < 1.29 is 4.79 Å². The van der Waals surface area contributed by atoms with Crippen molar-refractivity contribution in [1.29, 1.82) is 0 Å². The standard InChI is InChI=1S/C9H12BrN3O/c1-11-9(14)6-13(2)8-3-7(10)4-12-5-8/h3-5H,6H2,1-2H3,(H,11,14). The molecule has 1 rings (SSSR count). The largest absolute Gasteiger partial charge is 0.364 e. The summed E-state index contributed by atoms with van der Waals surface area (Å²) in [6, 6.07) is 1.91. The van der Waals surface area contributed by atoms with E-state index < -0.39 is 0 Å². The molecule has 0 unspecified atom stereocenters. The molecule has 0 saturated heterocycles. The Hall–Kier alpha value is -1.10. The summed E-state index contributed by atoms with van der Waals surface area (Å²) in [5.74, 6) is -0.0209. The van der Waals surface area contributed by atoms with Crippen LogP contribution in [0.15, 0.2) is 22.9 Å². The number of amides is 1. The van der Waals surface area contributed by atoms with Gasteiger partial charge in [-0.15, -0.1) is 0 Å². The van der Waals surface area contributed by atoms with Crippen molar-refractivity contribution in [2.75, 3.05) is 25.5 Å². The number of halogens is 1. The molecule has 0 atom stereocenters. The molecule has 0 aliphatic carbocycles. The van der Waals surface area contributed by atoms with E-state index in [2.05, 4.69) is 26.2 Å². The molecule has 1 heterocycles. The predicted octanol–water partition coefficient (Wildman–Crippen LogP) is 1.03. The first kappa shape index (κ1) is 11.0. The van der Waals surface area contributed by atoms with Crippen molar-refractivity contribution in [3.63, 3.8) is 0 Å². The smallest absolute Gasteiger partial charge is 0.239 e. The Kier molecular flexibility index (Phi) is 3.88. The van der Waals surface area contributed by atoms with Gasteiger partial charge in [0.25, 0.3) is 0 Å². The summed E-state index contributed by atoms with van der Waals surface area (Å²) >= 11 is 3.32. The molecular formula is C9H12BrN3O. The minimum atomic E-state index is -0.0209. The molecule has 0 radical (unpaired) electrons. The van der Waals surface area contributed by atoms with Gasteiger partial charge < -0.3 is 10.2 Å². The lowest BCUT2D eigenvalue weighted by Crippen LogP contribution is -2.32. The number of anilines is 1. The summed E-state index contributed by atoms with van der Waals surface area (Å²) in [6.07, 6.45) is 3.42. The minimum Gasteiger partial charge on any atom is -0.364 e. The van der Waals surface area contributed by atoms with Crippen molar-refractivity contribution in [2.45, 2.75) is 0 Å². The molecule has 0 aliphatic heterocycles. The van der Waals surface area contributed by atoms with Crippen molar-refractivity contribution in [3.8, 4) is 0 Å². The third kappa shape index (κ3) is 2.99. The van der Waals surface area contributed by atoms with Gasteiger partial charge in [-0.05, 0) is 22.0 Å². The number of nitrogens with zero attached hydrogens (tertiary/aromatic N) is 2. The van der Waals surface area contributed by atoms with Crippen LogP contribution in [0.25, 0.3) is 0 Å². The van der Waals surface area contributed by atoms with Gasteiger partial charge in [-0.1, -0.05) is 0 Å². The van der Waals surface area contributed by atoms with Crippen LogP contribution in [0, 0.1) is 0 Å². The van der Waals surface area contributed by atoms with Crippen molar-refractivity contribution >= 4 is 27.5 Å². The zero-order valence-electron chi connectivity index (χ0n) is 8.12. The van der Waals surface area contributed by atoms with Crippen LogP contribution in [0.4, 0.5) is 5.69 Å². The molecule has 5 heteroatoms. The number of nitrogens with one attached hydrogen (secondary N) is 1. The second-order valence-corrected chi connectivity index (χ2v) is 3.81. The Morgan fingerprint density at radius 2 is 2.36 bits per heavy atom. The second kappa shape index (κ2) is 4.95. The van der Waals surface area contributed by atoms with Crippen LogP contribution < -0.4 is 10.2 Å². The third-order valence-electron chi connectivity index (χ3n) is 1.79. The highest BCUT2D eigenvalue weighted by Crippen LogP contribution is 2.16. The summed E-state index contributed by atoms with van der Waals surface area (Å²) < 4.78 is 0.902. The minimum absolute atomic E-state index is 0.0209. The summed E-state index contributed by atoms with van der Waals surface area (Å²) in [4.78, 5) is 16.9. The fraction of sp³-hybridized carbons (Fsp3) is 0.333. The molecule has 0 spiro atoms. The maximum atomic E-state index is 11.1. The second-order valence-electron chi connectivity index (χ2n) is 2.89. The zero-order valence-corrected chi connectivity index (χ0v) is 9.71. The molecule has 0 bridgehead atoms. The molecule has 1 aromatic rings. The SMILES string of the molecule is CNC(=O)CN(C)c1cncc(Br)c1. The third-order valence-corrected chi connectivity index (χ3v) is 2.22. The lowest BCUT2D eigenvalue weighted by molar-refractivity contribution is -0.119. The van der Waals surface area contributed by atoms with Gasteiger partial charge in [0.2, 0.25) is 5.91 Å². The average molecular weight is 258 g/mol. The van der Waals surface area contributed by atoms with E-state index in [4.69, 9.17) is 0 Å². The molecule has 14 heavy (non-hydrogen) atoms. The molecule has 1 aromatic heterocycles. The molecule has 0 aromatic carbocycles. The van der Waals surface area contributed by atoms with E-state index in [-0.39, 0.29) is 5.91 Å². The number of pyridine rings is 1. The lowest BCUT2D eigenvalue weighted by Gasteiger charge is -2.17. The van der Waals surface area contributed by atoms with Gasteiger partial charge in [-0.3, -0.25) is 9.78 Å². The average Bonchev–Trinajstić information content (AvgIpc) is 2.17. The monoisotopic (exact) mass is 257 g/mol. The molecule has 4 nitrogen and oxygen atoms in total. The van der Waals surface area contributed by atoms with E-state index in [1.807, 2.05) is 18.0 Å². The number of hydrogen-bond acceptors (Lipinski definition) is 3. The number of carbonyl (C=O) groups is 1. The van der Waals surface area contributed by atoms with Crippen LogP contribution >= 0.6 is 15.9 Å². The topological polar surface area (TPSA) is 45.2 Å². The first-order chi connectivity index (χ1) is 6.63. The molecule has 0 aliphatic rings. The lowest BCUT2D eigenvalue weighted by atomic mass is 10.4. The number of aromatic nitrogens is 1. The van der Waals surface area contributed by atoms with Crippen molar-refractivity contribution in [2.24, 2.45) is 0 Å². The summed E-state index contributed by atoms with van der Waals surface area (Å²) in [7, 11) is 3.47. The van der Waals surface area contributed by atoms with Crippen LogP contribution in [0.1, 0.15) is 0 Å². The van der Waals surface area contributed by atoms with E-state index in [0.717, 1.165) is 10.2 Å². The van der Waals surface area contributed by atoms with E-state index in [1.165, 1.54) is 0 Å². The number of likely N-dealkylation sites (N-methyl/N-ethyl adjacent to an activating group) is 2. The van der Waals surface area contributed by atoms with Gasteiger partial charge in [-0.2, -0.15) is 0 Å².